The lowest BCUT2D eigenvalue weighted by Gasteiger charge is -2.11. The highest BCUT2D eigenvalue weighted by atomic mass is 16.5. The summed E-state index contributed by atoms with van der Waals surface area (Å²) < 4.78 is 5.05. The lowest BCUT2D eigenvalue weighted by Crippen LogP contribution is -2.15. The predicted octanol–water partition coefficient (Wildman–Crippen LogP) is 1.26. The number of hydrogen-bond acceptors (Lipinski definition) is 2. The van der Waals surface area contributed by atoms with Crippen LogP contribution in [0.3, 0.4) is 0 Å². The van der Waals surface area contributed by atoms with Gasteiger partial charge in [-0.05, 0) is 20.2 Å². The summed E-state index contributed by atoms with van der Waals surface area (Å²) in [5.74, 6) is 0.931. The summed E-state index contributed by atoms with van der Waals surface area (Å²) in [5.41, 5.74) is 0. The van der Waals surface area contributed by atoms with Gasteiger partial charge in [0, 0.05) is 0 Å². The highest BCUT2D eigenvalue weighted by molar-refractivity contribution is 5.05. The van der Waals surface area contributed by atoms with Gasteiger partial charge in [-0.3, -0.25) is 0 Å². The van der Waals surface area contributed by atoms with Gasteiger partial charge < -0.3 is 9.64 Å². The second-order valence-electron chi connectivity index (χ2n) is 2.31. The van der Waals surface area contributed by atoms with E-state index in [-0.39, 0.29) is 0 Å². The van der Waals surface area contributed by atoms with Crippen molar-refractivity contribution in [3.05, 3.63) is 24.5 Å². The summed E-state index contributed by atoms with van der Waals surface area (Å²) in [4.78, 5) is 2.04. The molecule has 0 bridgehead atoms. The Kier molecular flexibility index (Phi) is 4.67. The first-order valence-corrected chi connectivity index (χ1v) is 3.21. The third-order valence-electron chi connectivity index (χ3n) is 1.04. The van der Waals surface area contributed by atoms with Crippen molar-refractivity contribution in [3.63, 3.8) is 0 Å². The standard InChI is InChI=1S/C8H15NO/c1-5-6-8(10-4)7-9(2)3/h5-6H,1,7H2,2-4H3/b8-6-. The van der Waals surface area contributed by atoms with Crippen LogP contribution >= 0.6 is 0 Å². The molecule has 0 amide bonds. The molecule has 0 aliphatic rings. The van der Waals surface area contributed by atoms with E-state index in [9.17, 15) is 0 Å². The van der Waals surface area contributed by atoms with E-state index < -0.39 is 0 Å². The molecule has 0 radical (unpaired) electrons. The molecule has 0 unspecified atom stereocenters. The van der Waals surface area contributed by atoms with Gasteiger partial charge in [0.15, 0.2) is 0 Å². The maximum Gasteiger partial charge on any atom is 0.109 e. The van der Waals surface area contributed by atoms with Crippen molar-refractivity contribution in [2.75, 3.05) is 27.7 Å². The fraction of sp³-hybridized carbons (Fsp3) is 0.500. The molecular formula is C8H15NO. The minimum absolute atomic E-state index is 0.822. The SMILES string of the molecule is C=C/C=C(/CN(C)C)OC. The molecule has 0 N–H and O–H groups in total. The van der Waals surface area contributed by atoms with Crippen molar-refractivity contribution in [2.45, 2.75) is 0 Å². The number of ether oxygens (including phenoxy) is 1. The van der Waals surface area contributed by atoms with Crippen LogP contribution in [0.1, 0.15) is 0 Å². The first-order chi connectivity index (χ1) is 4.70. The van der Waals surface area contributed by atoms with Crippen LogP contribution in [0, 0.1) is 0 Å². The molecule has 0 aromatic rings. The second kappa shape index (κ2) is 5.06. The maximum absolute atomic E-state index is 5.05. The van der Waals surface area contributed by atoms with Gasteiger partial charge >= 0.3 is 0 Å². The molecule has 0 saturated carbocycles. The van der Waals surface area contributed by atoms with Gasteiger partial charge in [0.05, 0.1) is 13.7 Å². The highest BCUT2D eigenvalue weighted by Gasteiger charge is 1.94. The molecule has 0 aliphatic carbocycles. The number of allylic oxidation sites excluding steroid dienone is 2. The average Bonchev–Trinajstić information content (AvgIpc) is 1.86. The molecule has 0 rings (SSSR count). The van der Waals surface area contributed by atoms with Gasteiger partial charge in [0.1, 0.15) is 5.76 Å². The molecule has 2 nitrogen and oxygen atoms in total. The molecule has 10 heavy (non-hydrogen) atoms. The van der Waals surface area contributed by atoms with E-state index in [1.807, 2.05) is 25.1 Å². The predicted molar refractivity (Wildman–Crippen MR) is 43.8 cm³/mol. The fourth-order valence-electron chi connectivity index (χ4n) is 0.628. The highest BCUT2D eigenvalue weighted by Crippen LogP contribution is 1.95. The van der Waals surface area contributed by atoms with Crippen molar-refractivity contribution in [1.29, 1.82) is 0 Å². The van der Waals surface area contributed by atoms with E-state index >= 15 is 0 Å². The summed E-state index contributed by atoms with van der Waals surface area (Å²) in [6.07, 6.45) is 3.59. The van der Waals surface area contributed by atoms with Crippen LogP contribution in [0.25, 0.3) is 0 Å². The van der Waals surface area contributed by atoms with Crippen molar-refractivity contribution < 1.29 is 4.74 Å². The van der Waals surface area contributed by atoms with E-state index in [1.165, 1.54) is 0 Å². The monoisotopic (exact) mass is 141 g/mol. The van der Waals surface area contributed by atoms with Crippen LogP contribution in [0.15, 0.2) is 24.5 Å². The number of likely N-dealkylation sites (N-methyl/N-ethyl adjacent to an activating group) is 1. The van der Waals surface area contributed by atoms with E-state index in [2.05, 4.69) is 6.58 Å². The number of rotatable bonds is 4. The lowest BCUT2D eigenvalue weighted by atomic mass is 10.4. The quantitative estimate of drug-likeness (QED) is 0.432. The van der Waals surface area contributed by atoms with Gasteiger partial charge in [-0.25, -0.2) is 0 Å². The summed E-state index contributed by atoms with van der Waals surface area (Å²) in [5, 5.41) is 0. The zero-order chi connectivity index (χ0) is 7.98. The van der Waals surface area contributed by atoms with Gasteiger partial charge in [-0.1, -0.05) is 12.7 Å². The molecule has 0 saturated heterocycles. The summed E-state index contributed by atoms with van der Waals surface area (Å²) in [7, 11) is 5.66. The lowest BCUT2D eigenvalue weighted by molar-refractivity contribution is 0.249. The van der Waals surface area contributed by atoms with E-state index in [0.717, 1.165) is 12.3 Å². The van der Waals surface area contributed by atoms with E-state index in [4.69, 9.17) is 4.74 Å². The number of nitrogens with zero attached hydrogens (tertiary/aromatic N) is 1. The Hall–Kier alpha value is -0.760. The van der Waals surface area contributed by atoms with Crippen molar-refractivity contribution in [1.82, 2.24) is 4.90 Å². The summed E-state index contributed by atoms with van der Waals surface area (Å²) >= 11 is 0. The van der Waals surface area contributed by atoms with E-state index in [1.54, 1.807) is 13.2 Å². The molecular weight excluding hydrogens is 126 g/mol. The molecule has 0 aromatic heterocycles. The maximum atomic E-state index is 5.05. The Morgan fingerprint density at radius 3 is 2.50 bits per heavy atom. The summed E-state index contributed by atoms with van der Waals surface area (Å²) in [6, 6.07) is 0. The molecule has 0 spiro atoms. The molecule has 0 fully saturated rings. The zero-order valence-corrected chi connectivity index (χ0v) is 6.92. The Labute approximate surface area is 62.8 Å². The molecule has 2 heteroatoms. The minimum atomic E-state index is 0.822. The van der Waals surface area contributed by atoms with Crippen LogP contribution in [0.4, 0.5) is 0 Å². The Morgan fingerprint density at radius 1 is 1.60 bits per heavy atom. The number of methoxy groups -OCH3 is 1. The smallest absolute Gasteiger partial charge is 0.109 e. The second-order valence-corrected chi connectivity index (χ2v) is 2.31. The van der Waals surface area contributed by atoms with Crippen LogP contribution in [0.2, 0.25) is 0 Å². The molecule has 58 valence electrons. The Balaban J connectivity index is 3.82. The van der Waals surface area contributed by atoms with E-state index in [0.29, 0.717) is 0 Å². The van der Waals surface area contributed by atoms with Crippen LogP contribution in [-0.2, 0) is 4.74 Å². The number of hydrogen-bond donors (Lipinski definition) is 0. The van der Waals surface area contributed by atoms with Gasteiger partial charge in [0.25, 0.3) is 0 Å². The zero-order valence-electron chi connectivity index (χ0n) is 6.92. The van der Waals surface area contributed by atoms with Gasteiger partial charge in [-0.15, -0.1) is 0 Å². The fourth-order valence-corrected chi connectivity index (χ4v) is 0.628. The largest absolute Gasteiger partial charge is 0.500 e. The third-order valence-corrected chi connectivity index (χ3v) is 1.04. The first kappa shape index (κ1) is 9.24. The minimum Gasteiger partial charge on any atom is -0.500 e. The molecule has 0 atom stereocenters. The molecule has 0 aromatic carbocycles. The van der Waals surface area contributed by atoms with Crippen molar-refractivity contribution in [3.8, 4) is 0 Å². The Morgan fingerprint density at radius 2 is 2.20 bits per heavy atom. The molecule has 0 aliphatic heterocycles. The van der Waals surface area contributed by atoms with Crippen LogP contribution < -0.4 is 0 Å². The summed E-state index contributed by atoms with van der Waals surface area (Å²) in [6.45, 7) is 4.40. The van der Waals surface area contributed by atoms with Gasteiger partial charge in [-0.2, -0.15) is 0 Å². The normalized spacial score (nSPS) is 11.8. The van der Waals surface area contributed by atoms with Gasteiger partial charge in [0.2, 0.25) is 0 Å². The topological polar surface area (TPSA) is 12.5 Å². The molecule has 0 heterocycles. The average molecular weight is 141 g/mol. The van der Waals surface area contributed by atoms with Crippen LogP contribution in [-0.4, -0.2) is 32.6 Å². The van der Waals surface area contributed by atoms with Crippen LogP contribution in [0.5, 0.6) is 0 Å². The Bertz CT molecular complexity index is 127. The first-order valence-electron chi connectivity index (χ1n) is 3.21. The van der Waals surface area contributed by atoms with Crippen molar-refractivity contribution >= 4 is 0 Å². The third kappa shape index (κ3) is 4.15. The van der Waals surface area contributed by atoms with Crippen molar-refractivity contribution in [2.24, 2.45) is 0 Å².